The first-order valence-electron chi connectivity index (χ1n) is 5.44. The zero-order valence-corrected chi connectivity index (χ0v) is 10.6. The Bertz CT molecular complexity index is 694. The largest absolute Gasteiger partial charge is 0.479 e. The van der Waals surface area contributed by atoms with E-state index >= 15 is 0 Å². The number of ether oxygens (including phenoxy) is 1. The van der Waals surface area contributed by atoms with E-state index in [1.807, 2.05) is 30.3 Å². The Balaban J connectivity index is 2.31. The fourth-order valence-corrected chi connectivity index (χ4v) is 2.74. The molecule has 3 rings (SSSR count). The molecule has 0 unspecified atom stereocenters. The molecule has 0 atom stereocenters. The number of nitrogens with zero attached hydrogens (tertiary/aromatic N) is 2. The quantitative estimate of drug-likeness (QED) is 0.766. The number of hydrogen-bond donors (Lipinski definition) is 1. The molecule has 2 heterocycles. The summed E-state index contributed by atoms with van der Waals surface area (Å²) in [6.45, 7) is 0. The third kappa shape index (κ3) is 1.69. The molecule has 3 aromatic rings. The van der Waals surface area contributed by atoms with E-state index in [9.17, 15) is 0 Å². The van der Waals surface area contributed by atoms with Crippen molar-refractivity contribution in [3.8, 4) is 17.0 Å². The zero-order valence-electron chi connectivity index (χ0n) is 9.75. The van der Waals surface area contributed by atoms with E-state index in [-0.39, 0.29) is 0 Å². The second-order valence-corrected chi connectivity index (χ2v) is 4.81. The second kappa shape index (κ2) is 4.27. The van der Waals surface area contributed by atoms with E-state index in [4.69, 9.17) is 10.5 Å². The molecular weight excluding hydrogens is 246 g/mol. The average molecular weight is 257 g/mol. The molecule has 2 N–H and O–H groups in total. The number of pyridine rings is 1. The summed E-state index contributed by atoms with van der Waals surface area (Å²) in [6.07, 6.45) is 1.80. The predicted molar refractivity (Wildman–Crippen MR) is 73.8 cm³/mol. The van der Waals surface area contributed by atoms with Crippen LogP contribution in [0.5, 0.6) is 5.88 Å². The summed E-state index contributed by atoms with van der Waals surface area (Å²) in [5, 5.41) is 0.522. The molecule has 0 radical (unpaired) electrons. The molecule has 0 aliphatic carbocycles. The van der Waals surface area contributed by atoms with Gasteiger partial charge < -0.3 is 10.5 Å². The minimum absolute atomic E-state index is 0.512. The number of anilines is 1. The van der Waals surface area contributed by atoms with Gasteiger partial charge in [0.25, 0.3) is 0 Å². The van der Waals surface area contributed by atoms with Crippen molar-refractivity contribution < 1.29 is 4.74 Å². The fraction of sp³-hybridized carbons (Fsp3) is 0.0769. The Labute approximate surface area is 108 Å². The zero-order chi connectivity index (χ0) is 12.5. The maximum Gasteiger partial charge on any atom is 0.241 e. The van der Waals surface area contributed by atoms with Gasteiger partial charge in [0, 0.05) is 11.8 Å². The van der Waals surface area contributed by atoms with Crippen LogP contribution in [0.15, 0.2) is 36.5 Å². The lowest BCUT2D eigenvalue weighted by Crippen LogP contribution is -1.90. The average Bonchev–Trinajstić information content (AvgIpc) is 2.80. The molecule has 1 aromatic carbocycles. The van der Waals surface area contributed by atoms with Crippen LogP contribution in [0.4, 0.5) is 5.13 Å². The number of methoxy groups -OCH3 is 1. The minimum Gasteiger partial charge on any atom is -0.479 e. The Morgan fingerprint density at radius 1 is 1.22 bits per heavy atom. The number of nitrogens with two attached hydrogens (primary N) is 1. The van der Waals surface area contributed by atoms with Gasteiger partial charge in [-0.2, -0.15) is 0 Å². The molecule has 0 aliphatic heterocycles. The highest BCUT2D eigenvalue weighted by atomic mass is 32.1. The number of rotatable bonds is 2. The van der Waals surface area contributed by atoms with E-state index in [2.05, 4.69) is 9.97 Å². The summed E-state index contributed by atoms with van der Waals surface area (Å²) in [4.78, 5) is 8.56. The highest BCUT2D eigenvalue weighted by Crippen LogP contribution is 2.36. The summed E-state index contributed by atoms with van der Waals surface area (Å²) in [5.41, 5.74) is 8.64. The summed E-state index contributed by atoms with van der Waals surface area (Å²) in [5.74, 6) is 0.512. The molecule has 0 bridgehead atoms. The van der Waals surface area contributed by atoms with Crippen molar-refractivity contribution in [3.63, 3.8) is 0 Å². The van der Waals surface area contributed by atoms with Crippen molar-refractivity contribution in [1.82, 2.24) is 9.97 Å². The highest BCUT2D eigenvalue weighted by molar-refractivity contribution is 7.22. The van der Waals surface area contributed by atoms with Crippen LogP contribution in [0.25, 0.3) is 21.3 Å². The monoisotopic (exact) mass is 257 g/mol. The Hall–Kier alpha value is -2.14. The maximum atomic E-state index is 5.79. The predicted octanol–water partition coefficient (Wildman–Crippen LogP) is 2.95. The lowest BCUT2D eigenvalue weighted by molar-refractivity contribution is 0.402. The van der Waals surface area contributed by atoms with Crippen molar-refractivity contribution in [2.75, 3.05) is 12.8 Å². The van der Waals surface area contributed by atoms with Gasteiger partial charge in [-0.15, -0.1) is 0 Å². The van der Waals surface area contributed by atoms with E-state index in [0.29, 0.717) is 11.0 Å². The number of benzene rings is 1. The highest BCUT2D eigenvalue weighted by Gasteiger charge is 2.13. The number of nitrogen functional groups attached to an aromatic ring is 1. The summed E-state index contributed by atoms with van der Waals surface area (Å²) in [6, 6.07) is 10.1. The molecule has 0 amide bonds. The Kier molecular flexibility index (Phi) is 2.60. The smallest absolute Gasteiger partial charge is 0.241 e. The van der Waals surface area contributed by atoms with E-state index in [1.165, 1.54) is 11.3 Å². The normalized spacial score (nSPS) is 10.7. The Morgan fingerprint density at radius 2 is 2.00 bits per heavy atom. The molecule has 0 spiro atoms. The van der Waals surface area contributed by atoms with Crippen molar-refractivity contribution in [3.05, 3.63) is 36.5 Å². The van der Waals surface area contributed by atoms with Gasteiger partial charge in [-0.25, -0.2) is 9.97 Å². The molecule has 90 valence electrons. The summed E-state index contributed by atoms with van der Waals surface area (Å²) in [7, 11) is 1.58. The van der Waals surface area contributed by atoms with Gasteiger partial charge in [0.15, 0.2) is 5.13 Å². The molecule has 5 heteroatoms. The van der Waals surface area contributed by atoms with Crippen LogP contribution in [0, 0.1) is 0 Å². The molecule has 0 saturated carbocycles. The summed E-state index contributed by atoms with van der Waals surface area (Å²) >= 11 is 1.45. The first-order valence-corrected chi connectivity index (χ1v) is 6.25. The van der Waals surface area contributed by atoms with Gasteiger partial charge in [-0.1, -0.05) is 41.7 Å². The topological polar surface area (TPSA) is 61.0 Å². The lowest BCUT2D eigenvalue weighted by atomic mass is 10.1. The van der Waals surface area contributed by atoms with Gasteiger partial charge >= 0.3 is 0 Å². The van der Waals surface area contributed by atoms with Crippen LogP contribution in [0.3, 0.4) is 0 Å². The molecule has 0 saturated heterocycles. The summed E-state index contributed by atoms with van der Waals surface area (Å²) < 4.78 is 6.21. The number of fused-ring (bicyclic) bond motifs is 1. The van der Waals surface area contributed by atoms with Gasteiger partial charge in [-0.05, 0) is 5.56 Å². The maximum absolute atomic E-state index is 5.79. The standard InChI is InChI=1S/C13H11N3OS/c1-17-12-10-11(18-13(14)16-10)9(7-15-12)8-5-3-2-4-6-8/h2-7H,1H3,(H2,14,16). The first kappa shape index (κ1) is 11.0. The van der Waals surface area contributed by atoms with Crippen molar-refractivity contribution >= 4 is 26.7 Å². The van der Waals surface area contributed by atoms with Crippen LogP contribution >= 0.6 is 11.3 Å². The first-order chi connectivity index (χ1) is 8.79. The van der Waals surface area contributed by atoms with E-state index < -0.39 is 0 Å². The van der Waals surface area contributed by atoms with Crippen molar-refractivity contribution in [2.45, 2.75) is 0 Å². The molecule has 0 fully saturated rings. The van der Waals surface area contributed by atoms with Gasteiger partial charge in [0.1, 0.15) is 5.52 Å². The van der Waals surface area contributed by atoms with Crippen molar-refractivity contribution in [1.29, 1.82) is 0 Å². The third-order valence-electron chi connectivity index (χ3n) is 2.68. The van der Waals surface area contributed by atoms with Crippen LogP contribution in [-0.4, -0.2) is 17.1 Å². The number of thiazole rings is 1. The van der Waals surface area contributed by atoms with E-state index in [0.717, 1.165) is 21.3 Å². The SMILES string of the molecule is COc1ncc(-c2ccccc2)c2sc(N)nc12. The number of hydrogen-bond acceptors (Lipinski definition) is 5. The van der Waals surface area contributed by atoms with Crippen LogP contribution in [-0.2, 0) is 0 Å². The fourth-order valence-electron chi connectivity index (χ4n) is 1.88. The van der Waals surface area contributed by atoms with Crippen LogP contribution < -0.4 is 10.5 Å². The van der Waals surface area contributed by atoms with Crippen LogP contribution in [0.1, 0.15) is 0 Å². The molecule has 4 nitrogen and oxygen atoms in total. The Morgan fingerprint density at radius 3 is 2.72 bits per heavy atom. The van der Waals surface area contributed by atoms with Gasteiger partial charge in [0.2, 0.25) is 5.88 Å². The van der Waals surface area contributed by atoms with Crippen molar-refractivity contribution in [2.24, 2.45) is 0 Å². The third-order valence-corrected chi connectivity index (χ3v) is 3.60. The lowest BCUT2D eigenvalue weighted by Gasteiger charge is -2.04. The van der Waals surface area contributed by atoms with Gasteiger partial charge in [-0.3, -0.25) is 0 Å². The van der Waals surface area contributed by atoms with Crippen LogP contribution in [0.2, 0.25) is 0 Å². The number of aromatic nitrogens is 2. The molecule has 18 heavy (non-hydrogen) atoms. The van der Waals surface area contributed by atoms with Gasteiger partial charge in [0.05, 0.1) is 11.8 Å². The molecule has 0 aliphatic rings. The second-order valence-electron chi connectivity index (χ2n) is 3.78. The van der Waals surface area contributed by atoms with E-state index in [1.54, 1.807) is 13.3 Å². The molecular formula is C13H11N3OS. The molecule has 2 aromatic heterocycles. The minimum atomic E-state index is 0.512.